The minimum absolute atomic E-state index is 0.0736. The van der Waals surface area contributed by atoms with Crippen molar-refractivity contribution in [1.82, 2.24) is 4.31 Å². The van der Waals surface area contributed by atoms with Gasteiger partial charge in [0.25, 0.3) is 0 Å². The van der Waals surface area contributed by atoms with Crippen LogP contribution in [0.4, 0.5) is 0 Å². The molecule has 0 atom stereocenters. The van der Waals surface area contributed by atoms with E-state index >= 15 is 0 Å². The maximum Gasteiger partial charge on any atom is 0.243 e. The van der Waals surface area contributed by atoms with E-state index in [4.69, 9.17) is 4.74 Å². The molecule has 0 aliphatic rings. The van der Waals surface area contributed by atoms with Gasteiger partial charge >= 0.3 is 0 Å². The van der Waals surface area contributed by atoms with E-state index in [1.165, 1.54) is 4.31 Å². The molecule has 0 aliphatic carbocycles. The molecular weight excluding hydrogens is 286 g/mol. The summed E-state index contributed by atoms with van der Waals surface area (Å²) in [7, 11) is -3.46. The summed E-state index contributed by atoms with van der Waals surface area (Å²) in [5.74, 6) is 0.711. The van der Waals surface area contributed by atoms with Crippen LogP contribution >= 0.6 is 0 Å². The highest BCUT2D eigenvalue weighted by molar-refractivity contribution is 7.89. The van der Waals surface area contributed by atoms with Gasteiger partial charge in [0.15, 0.2) is 0 Å². The number of unbranched alkanes of at least 4 members (excludes halogenated alkanes) is 1. The summed E-state index contributed by atoms with van der Waals surface area (Å²) in [6.07, 6.45) is 2.07. The van der Waals surface area contributed by atoms with Gasteiger partial charge in [-0.2, -0.15) is 4.31 Å². The summed E-state index contributed by atoms with van der Waals surface area (Å²) in [5, 5.41) is 0. The normalized spacial score (nSPS) is 12.4. The molecule has 21 heavy (non-hydrogen) atoms. The highest BCUT2D eigenvalue weighted by atomic mass is 32.2. The lowest BCUT2D eigenvalue weighted by Crippen LogP contribution is -2.41. The number of ether oxygens (including phenoxy) is 1. The van der Waals surface area contributed by atoms with Crippen LogP contribution in [0.5, 0.6) is 5.75 Å². The average molecular weight is 313 g/mol. The van der Waals surface area contributed by atoms with Crippen molar-refractivity contribution in [3.63, 3.8) is 0 Å². The van der Waals surface area contributed by atoms with Gasteiger partial charge in [0.05, 0.1) is 11.5 Å². The molecule has 0 radical (unpaired) electrons. The van der Waals surface area contributed by atoms with Crippen LogP contribution in [0.15, 0.2) is 29.2 Å². The zero-order valence-corrected chi connectivity index (χ0v) is 14.5. The van der Waals surface area contributed by atoms with Crippen molar-refractivity contribution in [1.29, 1.82) is 0 Å². The van der Waals surface area contributed by atoms with Crippen LogP contribution in [0, 0.1) is 0 Å². The van der Waals surface area contributed by atoms with Gasteiger partial charge in [0.1, 0.15) is 5.75 Å². The van der Waals surface area contributed by atoms with Gasteiger partial charge < -0.3 is 4.74 Å². The molecule has 0 N–H and O–H groups in total. The molecule has 5 heteroatoms. The van der Waals surface area contributed by atoms with E-state index in [1.807, 2.05) is 27.7 Å². The molecular formula is C16H27NO3S. The Morgan fingerprint density at radius 2 is 1.57 bits per heavy atom. The lowest BCUT2D eigenvalue weighted by Gasteiger charge is -2.29. The second kappa shape index (κ2) is 7.80. The maximum absolute atomic E-state index is 12.7. The van der Waals surface area contributed by atoms with Crippen LogP contribution in [0.1, 0.15) is 47.5 Å². The number of hydrogen-bond donors (Lipinski definition) is 0. The third-order valence-electron chi connectivity index (χ3n) is 3.18. The summed E-state index contributed by atoms with van der Waals surface area (Å²) < 4.78 is 32.4. The number of rotatable bonds is 8. The fourth-order valence-electron chi connectivity index (χ4n) is 2.32. The maximum atomic E-state index is 12.7. The third-order valence-corrected chi connectivity index (χ3v) is 5.45. The predicted molar refractivity (Wildman–Crippen MR) is 86.1 cm³/mol. The quantitative estimate of drug-likeness (QED) is 0.688. The van der Waals surface area contributed by atoms with Crippen molar-refractivity contribution in [2.24, 2.45) is 0 Å². The number of sulfonamides is 1. The Kier molecular flexibility index (Phi) is 6.68. The van der Waals surface area contributed by atoms with Gasteiger partial charge in [0, 0.05) is 12.1 Å². The molecule has 0 aromatic heterocycles. The van der Waals surface area contributed by atoms with Crippen LogP contribution < -0.4 is 4.74 Å². The minimum Gasteiger partial charge on any atom is -0.494 e. The summed E-state index contributed by atoms with van der Waals surface area (Å²) in [6, 6.07) is 6.54. The summed E-state index contributed by atoms with van der Waals surface area (Å²) in [5.41, 5.74) is 0. The lowest BCUT2D eigenvalue weighted by molar-refractivity contribution is 0.302. The first-order valence-electron chi connectivity index (χ1n) is 7.57. The highest BCUT2D eigenvalue weighted by Gasteiger charge is 2.29. The second-order valence-corrected chi connectivity index (χ2v) is 7.54. The van der Waals surface area contributed by atoms with E-state index in [1.54, 1.807) is 24.3 Å². The molecule has 120 valence electrons. The third kappa shape index (κ3) is 4.71. The lowest BCUT2D eigenvalue weighted by atomic mass is 10.3. The van der Waals surface area contributed by atoms with Crippen LogP contribution in [0.3, 0.4) is 0 Å². The van der Waals surface area contributed by atoms with Gasteiger partial charge in [-0.15, -0.1) is 0 Å². The fraction of sp³-hybridized carbons (Fsp3) is 0.625. The largest absolute Gasteiger partial charge is 0.494 e. The average Bonchev–Trinajstić information content (AvgIpc) is 2.38. The Labute approximate surface area is 129 Å². The standard InChI is InChI=1S/C16H27NO3S/c1-6-7-12-20-15-8-10-16(11-9-15)21(18,19)17(13(2)3)14(4)5/h8-11,13-14H,6-7,12H2,1-5H3. The number of nitrogens with zero attached hydrogens (tertiary/aromatic N) is 1. The molecule has 0 fully saturated rings. The Morgan fingerprint density at radius 1 is 1.05 bits per heavy atom. The molecule has 0 unspecified atom stereocenters. The summed E-state index contributed by atoms with van der Waals surface area (Å²) in [6.45, 7) is 10.3. The van der Waals surface area contributed by atoms with Gasteiger partial charge in [-0.1, -0.05) is 13.3 Å². The Balaban J connectivity index is 2.94. The van der Waals surface area contributed by atoms with Crippen molar-refractivity contribution in [3.05, 3.63) is 24.3 Å². The molecule has 0 bridgehead atoms. The monoisotopic (exact) mass is 313 g/mol. The highest BCUT2D eigenvalue weighted by Crippen LogP contribution is 2.23. The summed E-state index contributed by atoms with van der Waals surface area (Å²) >= 11 is 0. The molecule has 4 nitrogen and oxygen atoms in total. The Bertz CT molecular complexity index is 513. The molecule has 0 aliphatic heterocycles. The molecule has 0 amide bonds. The van der Waals surface area contributed by atoms with Crippen LogP contribution in [0.2, 0.25) is 0 Å². The van der Waals surface area contributed by atoms with Crippen LogP contribution in [0.25, 0.3) is 0 Å². The van der Waals surface area contributed by atoms with Gasteiger partial charge in [-0.25, -0.2) is 8.42 Å². The molecule has 1 aromatic carbocycles. The first-order chi connectivity index (χ1) is 9.80. The van der Waals surface area contributed by atoms with Gasteiger partial charge in [-0.3, -0.25) is 0 Å². The van der Waals surface area contributed by atoms with Crippen molar-refractivity contribution >= 4 is 10.0 Å². The molecule has 0 heterocycles. The smallest absolute Gasteiger partial charge is 0.243 e. The first-order valence-corrected chi connectivity index (χ1v) is 9.01. The Morgan fingerprint density at radius 3 is 2.00 bits per heavy atom. The Hall–Kier alpha value is -1.07. The van der Waals surface area contributed by atoms with E-state index in [-0.39, 0.29) is 12.1 Å². The van der Waals surface area contributed by atoms with Crippen LogP contribution in [-0.4, -0.2) is 31.4 Å². The van der Waals surface area contributed by atoms with Crippen molar-refractivity contribution in [2.75, 3.05) is 6.61 Å². The first kappa shape index (κ1) is 18.0. The van der Waals surface area contributed by atoms with E-state index in [0.717, 1.165) is 12.8 Å². The van der Waals surface area contributed by atoms with Crippen molar-refractivity contribution in [2.45, 2.75) is 64.4 Å². The van der Waals surface area contributed by atoms with Crippen molar-refractivity contribution < 1.29 is 13.2 Å². The topological polar surface area (TPSA) is 46.6 Å². The molecule has 0 saturated heterocycles. The SMILES string of the molecule is CCCCOc1ccc(S(=O)(=O)N(C(C)C)C(C)C)cc1. The fourth-order valence-corrected chi connectivity index (χ4v) is 4.15. The molecule has 0 saturated carbocycles. The van der Waals surface area contributed by atoms with E-state index in [9.17, 15) is 8.42 Å². The molecule has 1 aromatic rings. The summed E-state index contributed by atoms with van der Waals surface area (Å²) in [4.78, 5) is 0.313. The minimum atomic E-state index is -3.46. The second-order valence-electron chi connectivity index (χ2n) is 5.70. The van der Waals surface area contributed by atoms with E-state index in [0.29, 0.717) is 17.3 Å². The zero-order chi connectivity index (χ0) is 16.0. The number of hydrogen-bond acceptors (Lipinski definition) is 3. The van der Waals surface area contributed by atoms with E-state index in [2.05, 4.69) is 6.92 Å². The zero-order valence-electron chi connectivity index (χ0n) is 13.7. The van der Waals surface area contributed by atoms with Crippen LogP contribution in [-0.2, 0) is 10.0 Å². The van der Waals surface area contributed by atoms with E-state index < -0.39 is 10.0 Å². The molecule has 1 rings (SSSR count). The van der Waals surface area contributed by atoms with Crippen molar-refractivity contribution in [3.8, 4) is 5.75 Å². The molecule has 0 spiro atoms. The number of benzene rings is 1. The van der Waals surface area contributed by atoms with Gasteiger partial charge in [-0.05, 0) is 58.4 Å². The predicted octanol–water partition coefficient (Wildman–Crippen LogP) is 3.67. The van der Waals surface area contributed by atoms with Gasteiger partial charge in [0.2, 0.25) is 10.0 Å².